The first-order chi connectivity index (χ1) is 19.8. The number of nitrogens with zero attached hydrogens (tertiary/aromatic N) is 4. The number of rotatable bonds is 18. The molecule has 0 radical (unpaired) electrons. The molecule has 41 heavy (non-hydrogen) atoms. The Morgan fingerprint density at radius 1 is 0.976 bits per heavy atom. The molecule has 7 heteroatoms. The van der Waals surface area contributed by atoms with Gasteiger partial charge in [0.2, 0.25) is 0 Å². The molecule has 0 saturated heterocycles. The van der Waals surface area contributed by atoms with Crippen molar-refractivity contribution in [2.45, 2.75) is 106 Å². The molecule has 7 nitrogen and oxygen atoms in total. The van der Waals surface area contributed by atoms with E-state index in [0.717, 1.165) is 51.6 Å². The normalized spacial score (nSPS) is 16.1. The summed E-state index contributed by atoms with van der Waals surface area (Å²) in [5.74, 6) is 0.948. The second-order valence-electron chi connectivity index (χ2n) is 11.5. The molecule has 1 aromatic carbocycles. The Labute approximate surface area is 249 Å². The monoisotopic (exact) mass is 563 g/mol. The first-order valence-corrected chi connectivity index (χ1v) is 16.0. The molecule has 2 atom stereocenters. The zero-order valence-corrected chi connectivity index (χ0v) is 26.5. The molecule has 226 valence electrons. The summed E-state index contributed by atoms with van der Waals surface area (Å²) < 4.78 is 0. The predicted molar refractivity (Wildman–Crippen MR) is 170 cm³/mol. The van der Waals surface area contributed by atoms with Gasteiger partial charge < -0.3 is 9.80 Å². The summed E-state index contributed by atoms with van der Waals surface area (Å²) >= 11 is 0. The van der Waals surface area contributed by atoms with Crippen LogP contribution in [0.2, 0.25) is 0 Å². The van der Waals surface area contributed by atoms with Crippen LogP contribution in [0.3, 0.4) is 0 Å². The second-order valence-corrected chi connectivity index (χ2v) is 11.5. The largest absolute Gasteiger partial charge is 0.338 e. The SMILES string of the molecule is CCCCC(CC)CN(CC(CC)CCCC)C(=O)c1ccc(NN=C2C(=O)N(CCCC)CC(C#N)=C2C)cc1. The number of hydrogen-bond donors (Lipinski definition) is 1. The van der Waals surface area contributed by atoms with Gasteiger partial charge in [-0.2, -0.15) is 10.4 Å². The molecule has 1 aliphatic rings. The maximum Gasteiger partial charge on any atom is 0.274 e. The number of amides is 2. The van der Waals surface area contributed by atoms with Crippen LogP contribution >= 0.6 is 0 Å². The molecule has 0 saturated carbocycles. The first kappa shape index (κ1) is 34.1. The second kappa shape index (κ2) is 18.3. The number of nitriles is 1. The summed E-state index contributed by atoms with van der Waals surface area (Å²) in [6.07, 6.45) is 11.1. The molecule has 2 rings (SSSR count). The number of hydrogen-bond acceptors (Lipinski definition) is 5. The third-order valence-corrected chi connectivity index (χ3v) is 8.32. The molecule has 2 amide bonds. The average Bonchev–Trinajstić information content (AvgIpc) is 2.99. The molecule has 0 fully saturated rings. The number of hydrazone groups is 1. The number of carbonyl (C=O) groups is 2. The van der Waals surface area contributed by atoms with Crippen LogP contribution in [0.4, 0.5) is 5.69 Å². The summed E-state index contributed by atoms with van der Waals surface area (Å²) in [5.41, 5.74) is 5.80. The van der Waals surface area contributed by atoms with Crippen molar-refractivity contribution in [1.82, 2.24) is 9.80 Å². The van der Waals surface area contributed by atoms with E-state index in [4.69, 9.17) is 0 Å². The van der Waals surface area contributed by atoms with Gasteiger partial charge in [-0.3, -0.25) is 15.0 Å². The highest BCUT2D eigenvalue weighted by atomic mass is 16.2. The molecule has 0 aliphatic carbocycles. The topological polar surface area (TPSA) is 88.8 Å². The van der Waals surface area contributed by atoms with E-state index in [-0.39, 0.29) is 17.5 Å². The highest BCUT2D eigenvalue weighted by Crippen LogP contribution is 2.22. The van der Waals surface area contributed by atoms with Crippen LogP contribution < -0.4 is 5.43 Å². The maximum atomic E-state index is 13.8. The van der Waals surface area contributed by atoms with Crippen molar-refractivity contribution in [3.05, 3.63) is 41.0 Å². The molecular weight excluding hydrogens is 510 g/mol. The quantitative estimate of drug-likeness (QED) is 0.184. The lowest BCUT2D eigenvalue weighted by Crippen LogP contribution is -2.43. The standard InChI is InChI=1S/C34H53N5O2/c1-7-12-15-27(10-4)23-39(24-28(11-5)16-13-8-2)33(40)29-17-19-31(20-18-29)36-37-32-26(6)30(22-35)25-38(34(32)41)21-14-9-3/h17-20,27-28,36H,7-16,21,23-25H2,1-6H3. The highest BCUT2D eigenvalue weighted by Gasteiger charge is 2.29. The van der Waals surface area contributed by atoms with Gasteiger partial charge in [0.15, 0.2) is 5.71 Å². The van der Waals surface area contributed by atoms with Crippen LogP contribution in [-0.4, -0.2) is 53.5 Å². The van der Waals surface area contributed by atoms with Crippen molar-refractivity contribution in [2.24, 2.45) is 16.9 Å². The predicted octanol–water partition coefficient (Wildman–Crippen LogP) is 7.81. The van der Waals surface area contributed by atoms with E-state index in [9.17, 15) is 14.9 Å². The number of carbonyl (C=O) groups excluding carboxylic acids is 2. The van der Waals surface area contributed by atoms with Gasteiger partial charge >= 0.3 is 0 Å². The van der Waals surface area contributed by atoms with Crippen LogP contribution in [0.15, 0.2) is 40.5 Å². The molecule has 1 N–H and O–H groups in total. The van der Waals surface area contributed by atoms with Gasteiger partial charge in [0, 0.05) is 25.2 Å². The fourth-order valence-electron chi connectivity index (χ4n) is 5.30. The van der Waals surface area contributed by atoms with E-state index in [1.807, 2.05) is 24.3 Å². The van der Waals surface area contributed by atoms with Crippen LogP contribution in [-0.2, 0) is 4.79 Å². The van der Waals surface area contributed by atoms with Crippen LogP contribution in [0, 0.1) is 23.2 Å². The third-order valence-electron chi connectivity index (χ3n) is 8.32. The minimum atomic E-state index is -0.160. The van der Waals surface area contributed by atoms with E-state index in [1.165, 1.54) is 25.7 Å². The Hall–Kier alpha value is -3.14. The van der Waals surface area contributed by atoms with Crippen molar-refractivity contribution < 1.29 is 9.59 Å². The summed E-state index contributed by atoms with van der Waals surface area (Å²) in [5, 5.41) is 14.0. The summed E-state index contributed by atoms with van der Waals surface area (Å²) in [6, 6.07) is 9.60. The first-order valence-electron chi connectivity index (χ1n) is 16.0. The summed E-state index contributed by atoms with van der Waals surface area (Å²) in [6.45, 7) is 15.3. The van der Waals surface area contributed by atoms with E-state index in [0.29, 0.717) is 47.3 Å². The zero-order chi connectivity index (χ0) is 30.2. The van der Waals surface area contributed by atoms with Gasteiger partial charge in [-0.05, 0) is 67.9 Å². The Morgan fingerprint density at radius 3 is 2.02 bits per heavy atom. The molecular formula is C34H53N5O2. The number of nitrogens with one attached hydrogen (secondary N) is 1. The van der Waals surface area contributed by atoms with E-state index >= 15 is 0 Å². The van der Waals surface area contributed by atoms with Crippen molar-refractivity contribution >= 4 is 23.2 Å². The van der Waals surface area contributed by atoms with E-state index in [2.05, 4.69) is 56.1 Å². The number of benzene rings is 1. The average molecular weight is 564 g/mol. The maximum absolute atomic E-state index is 13.8. The third kappa shape index (κ3) is 10.3. The Bertz CT molecular complexity index is 1050. The van der Waals surface area contributed by atoms with Crippen molar-refractivity contribution in [3.63, 3.8) is 0 Å². The van der Waals surface area contributed by atoms with Crippen LogP contribution in [0.25, 0.3) is 0 Å². The number of unbranched alkanes of at least 4 members (excludes halogenated alkanes) is 3. The highest BCUT2D eigenvalue weighted by molar-refractivity contribution is 6.46. The van der Waals surface area contributed by atoms with Crippen molar-refractivity contribution in [3.8, 4) is 6.07 Å². The minimum absolute atomic E-state index is 0.0826. The van der Waals surface area contributed by atoms with Gasteiger partial charge in [-0.25, -0.2) is 0 Å². The fourth-order valence-corrected chi connectivity index (χ4v) is 5.30. The van der Waals surface area contributed by atoms with Crippen LogP contribution in [0.1, 0.15) is 116 Å². The van der Waals surface area contributed by atoms with Crippen LogP contribution in [0.5, 0.6) is 0 Å². The van der Waals surface area contributed by atoms with Crippen molar-refractivity contribution in [2.75, 3.05) is 31.6 Å². The zero-order valence-electron chi connectivity index (χ0n) is 26.5. The lowest BCUT2D eigenvalue weighted by Gasteiger charge is -2.31. The smallest absolute Gasteiger partial charge is 0.274 e. The van der Waals surface area contributed by atoms with Gasteiger partial charge in [-0.1, -0.05) is 79.6 Å². The van der Waals surface area contributed by atoms with Gasteiger partial charge in [0.1, 0.15) is 0 Å². The Morgan fingerprint density at radius 2 is 1.54 bits per heavy atom. The molecule has 2 unspecified atom stereocenters. The molecule has 0 aromatic heterocycles. The van der Waals surface area contributed by atoms with Gasteiger partial charge in [0.05, 0.1) is 23.9 Å². The number of anilines is 1. The minimum Gasteiger partial charge on any atom is -0.338 e. The fraction of sp³-hybridized carbons (Fsp3) is 0.647. The van der Waals surface area contributed by atoms with E-state index < -0.39 is 0 Å². The van der Waals surface area contributed by atoms with Gasteiger partial charge in [0.25, 0.3) is 11.8 Å². The molecule has 1 aromatic rings. The molecule has 1 heterocycles. The summed E-state index contributed by atoms with van der Waals surface area (Å²) in [7, 11) is 0. The lowest BCUT2D eigenvalue weighted by atomic mass is 9.95. The van der Waals surface area contributed by atoms with Crippen molar-refractivity contribution in [1.29, 1.82) is 5.26 Å². The molecule has 1 aliphatic heterocycles. The summed E-state index contributed by atoms with van der Waals surface area (Å²) in [4.78, 5) is 30.6. The lowest BCUT2D eigenvalue weighted by molar-refractivity contribution is -0.124. The van der Waals surface area contributed by atoms with E-state index in [1.54, 1.807) is 11.8 Å². The van der Waals surface area contributed by atoms with Gasteiger partial charge in [-0.15, -0.1) is 0 Å². The molecule has 0 spiro atoms. The Balaban J connectivity index is 2.22. The molecule has 0 bridgehead atoms. The Kier molecular flexibility index (Phi) is 15.2.